The predicted molar refractivity (Wildman–Crippen MR) is 60.8 cm³/mol. The Kier molecular flexibility index (Phi) is 4.40. The number of hydrogen-bond acceptors (Lipinski definition) is 3. The average molecular weight is 244 g/mol. The van der Waals surface area contributed by atoms with Crippen LogP contribution in [0.4, 0.5) is 10.1 Å². The number of halogens is 2. The molecule has 0 saturated carbocycles. The van der Waals surface area contributed by atoms with Gasteiger partial charge in [-0.2, -0.15) is 5.26 Å². The molecule has 15 heavy (non-hydrogen) atoms. The normalized spacial score (nSPS) is 10.9. The zero-order valence-corrected chi connectivity index (χ0v) is 9.36. The minimum absolute atomic E-state index is 0.0336. The van der Waals surface area contributed by atoms with Crippen LogP contribution >= 0.6 is 23.4 Å². The van der Waals surface area contributed by atoms with Crippen molar-refractivity contribution in [1.29, 1.82) is 5.26 Å². The van der Waals surface area contributed by atoms with E-state index in [1.807, 2.05) is 0 Å². The molecule has 0 aliphatic carbocycles. The first-order chi connectivity index (χ1) is 7.19. The highest BCUT2D eigenvalue weighted by molar-refractivity contribution is 8.13. The van der Waals surface area contributed by atoms with Crippen molar-refractivity contribution in [3.8, 4) is 6.19 Å². The predicted octanol–water partition coefficient (Wildman–Crippen LogP) is 2.90. The molecule has 0 aliphatic rings. The molecular formula is C9H7ClFN3S. The number of nitriles is 1. The highest BCUT2D eigenvalue weighted by Gasteiger charge is 2.06. The number of thioether (sulfide) groups is 1. The quantitative estimate of drug-likeness (QED) is 0.357. The van der Waals surface area contributed by atoms with Crippen molar-refractivity contribution in [1.82, 2.24) is 5.32 Å². The number of nitrogens with one attached hydrogen (secondary N) is 1. The Morgan fingerprint density at radius 2 is 2.40 bits per heavy atom. The van der Waals surface area contributed by atoms with E-state index in [2.05, 4.69) is 10.3 Å². The van der Waals surface area contributed by atoms with Gasteiger partial charge in [0.05, 0.1) is 5.02 Å². The lowest BCUT2D eigenvalue weighted by Crippen LogP contribution is -2.12. The van der Waals surface area contributed by atoms with E-state index in [0.29, 0.717) is 5.17 Å². The van der Waals surface area contributed by atoms with E-state index in [-0.39, 0.29) is 10.7 Å². The van der Waals surface area contributed by atoms with Gasteiger partial charge in [0.15, 0.2) is 11.4 Å². The van der Waals surface area contributed by atoms with Crippen molar-refractivity contribution in [3.63, 3.8) is 0 Å². The summed E-state index contributed by atoms with van der Waals surface area (Å²) < 4.78 is 13.3. The van der Waals surface area contributed by atoms with Crippen LogP contribution in [0, 0.1) is 17.3 Å². The number of para-hydroxylation sites is 1. The van der Waals surface area contributed by atoms with E-state index in [0.717, 1.165) is 0 Å². The smallest absolute Gasteiger partial charge is 0.183 e. The topological polar surface area (TPSA) is 48.2 Å². The largest absolute Gasteiger partial charge is 0.271 e. The van der Waals surface area contributed by atoms with Crippen LogP contribution in [-0.2, 0) is 0 Å². The molecule has 0 saturated heterocycles. The number of hydrogen-bond donors (Lipinski definition) is 1. The Morgan fingerprint density at radius 1 is 1.67 bits per heavy atom. The highest BCUT2D eigenvalue weighted by Crippen LogP contribution is 2.28. The van der Waals surface area contributed by atoms with E-state index in [4.69, 9.17) is 16.9 Å². The van der Waals surface area contributed by atoms with Crippen molar-refractivity contribution in [2.75, 3.05) is 6.26 Å². The Labute approximate surface area is 96.0 Å². The van der Waals surface area contributed by atoms with Crippen LogP contribution < -0.4 is 5.32 Å². The summed E-state index contributed by atoms with van der Waals surface area (Å²) in [6.45, 7) is 0. The number of amidine groups is 1. The molecule has 1 aromatic rings. The molecule has 1 rings (SSSR count). The summed E-state index contributed by atoms with van der Waals surface area (Å²) in [5.74, 6) is -0.520. The van der Waals surface area contributed by atoms with Gasteiger partial charge in [0.2, 0.25) is 0 Å². The molecule has 0 unspecified atom stereocenters. The van der Waals surface area contributed by atoms with Crippen LogP contribution in [0.3, 0.4) is 0 Å². The van der Waals surface area contributed by atoms with Crippen LogP contribution in [0.5, 0.6) is 0 Å². The summed E-state index contributed by atoms with van der Waals surface area (Å²) in [5, 5.41) is 11.2. The molecule has 0 spiro atoms. The van der Waals surface area contributed by atoms with Crippen molar-refractivity contribution in [2.45, 2.75) is 0 Å². The van der Waals surface area contributed by atoms with E-state index >= 15 is 0 Å². The summed E-state index contributed by atoms with van der Waals surface area (Å²) in [7, 11) is 0. The van der Waals surface area contributed by atoms with Crippen molar-refractivity contribution in [3.05, 3.63) is 29.0 Å². The molecule has 0 atom stereocenters. The van der Waals surface area contributed by atoms with Gasteiger partial charge in [0, 0.05) is 0 Å². The average Bonchev–Trinajstić information content (AvgIpc) is 2.22. The zero-order valence-electron chi connectivity index (χ0n) is 7.79. The molecule has 0 heterocycles. The molecule has 6 heteroatoms. The SMILES string of the molecule is CSC(=Nc1c(F)cccc1Cl)NC#N. The van der Waals surface area contributed by atoms with Crippen LogP contribution in [0.2, 0.25) is 5.02 Å². The van der Waals surface area contributed by atoms with Crippen LogP contribution in [0.15, 0.2) is 23.2 Å². The van der Waals surface area contributed by atoms with Gasteiger partial charge in [-0.05, 0) is 18.4 Å². The minimum Gasteiger partial charge on any atom is -0.271 e. The summed E-state index contributed by atoms with van der Waals surface area (Å²) in [6.07, 6.45) is 3.43. The molecular weight excluding hydrogens is 237 g/mol. The Balaban J connectivity index is 3.11. The second-order valence-corrected chi connectivity index (χ2v) is 3.63. The fourth-order valence-corrected chi connectivity index (χ4v) is 1.41. The van der Waals surface area contributed by atoms with Crippen LogP contribution in [-0.4, -0.2) is 11.4 Å². The lowest BCUT2D eigenvalue weighted by molar-refractivity contribution is 0.630. The third-order valence-electron chi connectivity index (χ3n) is 1.51. The van der Waals surface area contributed by atoms with E-state index < -0.39 is 5.82 Å². The Morgan fingerprint density at radius 3 is 2.93 bits per heavy atom. The Hall–Kier alpha value is -1.25. The first kappa shape index (κ1) is 11.8. The Bertz CT molecular complexity index is 408. The van der Waals surface area contributed by atoms with Crippen molar-refractivity contribution in [2.24, 2.45) is 4.99 Å². The number of nitrogens with zero attached hydrogens (tertiary/aromatic N) is 2. The van der Waals surface area contributed by atoms with Gasteiger partial charge in [0.25, 0.3) is 0 Å². The fraction of sp³-hybridized carbons (Fsp3) is 0.111. The van der Waals surface area contributed by atoms with E-state index in [1.165, 1.54) is 30.0 Å². The molecule has 3 nitrogen and oxygen atoms in total. The zero-order chi connectivity index (χ0) is 11.3. The van der Waals surface area contributed by atoms with Gasteiger partial charge in [-0.15, -0.1) is 0 Å². The van der Waals surface area contributed by atoms with Gasteiger partial charge < -0.3 is 0 Å². The summed E-state index contributed by atoms with van der Waals surface area (Å²) in [6, 6.07) is 4.29. The van der Waals surface area contributed by atoms with Gasteiger partial charge in [-0.1, -0.05) is 29.4 Å². The van der Waals surface area contributed by atoms with Gasteiger partial charge in [0.1, 0.15) is 11.5 Å². The lowest BCUT2D eigenvalue weighted by Gasteiger charge is -2.02. The maximum Gasteiger partial charge on any atom is 0.183 e. The molecule has 1 aromatic carbocycles. The third-order valence-corrected chi connectivity index (χ3v) is 2.39. The molecule has 0 fully saturated rings. The number of benzene rings is 1. The highest BCUT2D eigenvalue weighted by atomic mass is 35.5. The second-order valence-electron chi connectivity index (χ2n) is 2.43. The second kappa shape index (κ2) is 5.59. The van der Waals surface area contributed by atoms with E-state index in [1.54, 1.807) is 12.4 Å². The molecule has 0 bridgehead atoms. The minimum atomic E-state index is -0.520. The number of rotatable bonds is 1. The lowest BCUT2D eigenvalue weighted by atomic mass is 10.3. The molecule has 78 valence electrons. The van der Waals surface area contributed by atoms with Crippen LogP contribution in [0.1, 0.15) is 0 Å². The standard InChI is InChI=1S/C9H7ClFN3S/c1-15-9(13-5-12)14-8-6(10)3-2-4-7(8)11/h2-4H,1H3,(H,13,14). The van der Waals surface area contributed by atoms with E-state index in [9.17, 15) is 4.39 Å². The molecule has 0 radical (unpaired) electrons. The van der Waals surface area contributed by atoms with Crippen molar-refractivity contribution < 1.29 is 4.39 Å². The first-order valence-corrected chi connectivity index (χ1v) is 5.51. The number of aliphatic imine (C=N–C) groups is 1. The molecule has 0 aromatic heterocycles. The molecule has 1 N–H and O–H groups in total. The molecule has 0 amide bonds. The maximum absolute atomic E-state index is 13.3. The van der Waals surface area contributed by atoms with Gasteiger partial charge in [-0.25, -0.2) is 9.38 Å². The summed E-state index contributed by atoms with van der Waals surface area (Å²) in [5.41, 5.74) is 0.0336. The van der Waals surface area contributed by atoms with Crippen LogP contribution in [0.25, 0.3) is 0 Å². The summed E-state index contributed by atoms with van der Waals surface area (Å²) >= 11 is 6.96. The first-order valence-electron chi connectivity index (χ1n) is 3.91. The van der Waals surface area contributed by atoms with Gasteiger partial charge >= 0.3 is 0 Å². The fourth-order valence-electron chi connectivity index (χ4n) is 0.870. The maximum atomic E-state index is 13.3. The third kappa shape index (κ3) is 3.11. The monoisotopic (exact) mass is 243 g/mol. The van der Waals surface area contributed by atoms with Crippen molar-refractivity contribution >= 4 is 34.2 Å². The summed E-state index contributed by atoms with van der Waals surface area (Å²) in [4.78, 5) is 3.90. The molecule has 0 aliphatic heterocycles. The van der Waals surface area contributed by atoms with Gasteiger partial charge in [-0.3, -0.25) is 5.32 Å².